The van der Waals surface area contributed by atoms with Gasteiger partial charge in [0, 0.05) is 11.0 Å². The van der Waals surface area contributed by atoms with E-state index < -0.39 is 11.4 Å². The number of benzene rings is 1. The summed E-state index contributed by atoms with van der Waals surface area (Å²) < 4.78 is 11.0. The molecule has 18 heavy (non-hydrogen) atoms. The Bertz CT molecular complexity index is 479. The molecule has 1 aromatic carbocycles. The van der Waals surface area contributed by atoms with E-state index in [1.165, 1.54) is 6.07 Å². The molecular formula is C13H16O5. The summed E-state index contributed by atoms with van der Waals surface area (Å²) in [5, 5.41) is 18.9. The summed E-state index contributed by atoms with van der Waals surface area (Å²) in [6.07, 6.45) is -0.0969. The molecular weight excluding hydrogens is 236 g/mol. The summed E-state index contributed by atoms with van der Waals surface area (Å²) >= 11 is 0. The first kappa shape index (κ1) is 12.5. The minimum absolute atomic E-state index is 0.0329. The average Bonchev–Trinajstić information content (AvgIpc) is 2.26. The van der Waals surface area contributed by atoms with E-state index in [2.05, 4.69) is 0 Å². The van der Waals surface area contributed by atoms with Crippen molar-refractivity contribution in [1.82, 2.24) is 0 Å². The van der Waals surface area contributed by atoms with E-state index in [0.717, 1.165) is 0 Å². The van der Waals surface area contributed by atoms with Gasteiger partial charge in [0.1, 0.15) is 19.0 Å². The third-order valence-corrected chi connectivity index (χ3v) is 2.96. The lowest BCUT2D eigenvalue weighted by Crippen LogP contribution is -2.25. The molecule has 0 spiro atoms. The Balaban J connectivity index is 2.51. The molecule has 1 aliphatic heterocycles. The van der Waals surface area contributed by atoms with Crippen molar-refractivity contribution in [3.63, 3.8) is 0 Å². The van der Waals surface area contributed by atoms with E-state index in [-0.39, 0.29) is 12.2 Å². The highest BCUT2D eigenvalue weighted by molar-refractivity contribution is 5.70. The lowest BCUT2D eigenvalue weighted by molar-refractivity contribution is -0.138. The average molecular weight is 252 g/mol. The van der Waals surface area contributed by atoms with Gasteiger partial charge in [0.25, 0.3) is 0 Å². The number of hydrogen-bond donors (Lipinski definition) is 2. The van der Waals surface area contributed by atoms with Crippen LogP contribution in [0, 0.1) is 0 Å². The van der Waals surface area contributed by atoms with Crippen molar-refractivity contribution in [1.29, 1.82) is 0 Å². The minimum Gasteiger partial charge on any atom is -0.508 e. The van der Waals surface area contributed by atoms with Crippen molar-refractivity contribution in [2.24, 2.45) is 0 Å². The Morgan fingerprint density at radius 3 is 2.67 bits per heavy atom. The predicted molar refractivity (Wildman–Crippen MR) is 64.4 cm³/mol. The van der Waals surface area contributed by atoms with Crippen molar-refractivity contribution in [3.05, 3.63) is 17.7 Å². The quantitative estimate of drug-likeness (QED) is 0.859. The number of aromatic hydroxyl groups is 1. The molecule has 1 heterocycles. The summed E-state index contributed by atoms with van der Waals surface area (Å²) in [5.41, 5.74) is -0.246. The first-order chi connectivity index (χ1) is 8.42. The molecule has 98 valence electrons. The maximum atomic E-state index is 10.9. The highest BCUT2D eigenvalue weighted by atomic mass is 16.6. The van der Waals surface area contributed by atoms with Crippen molar-refractivity contribution in [2.75, 3.05) is 13.2 Å². The fraction of sp³-hybridized carbons (Fsp3) is 0.462. The number of phenolic OH excluding ortho intramolecular Hbond substituents is 1. The molecule has 0 aromatic heterocycles. The maximum absolute atomic E-state index is 10.9. The number of phenols is 1. The lowest BCUT2D eigenvalue weighted by atomic mass is 9.80. The van der Waals surface area contributed by atoms with Crippen molar-refractivity contribution in [2.45, 2.75) is 25.7 Å². The fourth-order valence-corrected chi connectivity index (χ4v) is 2.23. The Morgan fingerprint density at radius 1 is 1.33 bits per heavy atom. The Labute approximate surface area is 105 Å². The third kappa shape index (κ3) is 2.20. The number of carboxylic acids is 1. The molecule has 0 saturated heterocycles. The molecule has 0 fully saturated rings. The van der Waals surface area contributed by atoms with Gasteiger partial charge in [-0.15, -0.1) is 0 Å². The van der Waals surface area contributed by atoms with Crippen molar-refractivity contribution >= 4 is 5.97 Å². The van der Waals surface area contributed by atoms with Crippen LogP contribution in [0.15, 0.2) is 12.1 Å². The molecule has 0 radical (unpaired) electrons. The molecule has 0 bridgehead atoms. The predicted octanol–water partition coefficient (Wildman–Crippen LogP) is 1.92. The van der Waals surface area contributed by atoms with Gasteiger partial charge in [-0.1, -0.05) is 13.8 Å². The van der Waals surface area contributed by atoms with Gasteiger partial charge >= 0.3 is 5.97 Å². The fourth-order valence-electron chi connectivity index (χ4n) is 2.23. The molecule has 0 aliphatic carbocycles. The second-order valence-electron chi connectivity index (χ2n) is 4.94. The second-order valence-corrected chi connectivity index (χ2v) is 4.94. The van der Waals surface area contributed by atoms with E-state index in [9.17, 15) is 9.90 Å². The van der Waals surface area contributed by atoms with Gasteiger partial charge in [0.15, 0.2) is 11.5 Å². The van der Waals surface area contributed by atoms with Crippen LogP contribution in [-0.2, 0) is 10.2 Å². The van der Waals surface area contributed by atoms with Gasteiger partial charge in [0.05, 0.1) is 6.42 Å². The standard InChI is InChI=1S/C13H16O5/c1-13(2,7-10(15)16)11-8(14)3-4-9-12(11)18-6-5-17-9/h3-4,14H,5-7H2,1-2H3,(H,15,16). The number of aliphatic carboxylic acids is 1. The molecule has 2 N–H and O–H groups in total. The van der Waals surface area contributed by atoms with Gasteiger partial charge < -0.3 is 19.7 Å². The van der Waals surface area contributed by atoms with Gasteiger partial charge in [-0.3, -0.25) is 4.79 Å². The van der Waals surface area contributed by atoms with E-state index in [4.69, 9.17) is 14.6 Å². The highest BCUT2D eigenvalue weighted by Gasteiger charge is 2.33. The van der Waals surface area contributed by atoms with Crippen LogP contribution in [0.2, 0.25) is 0 Å². The van der Waals surface area contributed by atoms with Crippen LogP contribution < -0.4 is 9.47 Å². The van der Waals surface area contributed by atoms with Crippen molar-refractivity contribution < 1.29 is 24.5 Å². The number of rotatable bonds is 3. The molecule has 5 nitrogen and oxygen atoms in total. The van der Waals surface area contributed by atoms with E-state index in [0.29, 0.717) is 30.3 Å². The van der Waals surface area contributed by atoms with Crippen molar-refractivity contribution in [3.8, 4) is 17.2 Å². The normalized spacial score (nSPS) is 14.3. The number of ether oxygens (including phenoxy) is 2. The van der Waals surface area contributed by atoms with Crippen LogP contribution in [0.4, 0.5) is 0 Å². The number of carboxylic acid groups (broad SMARTS) is 1. The maximum Gasteiger partial charge on any atom is 0.304 e. The summed E-state index contributed by atoms with van der Waals surface area (Å²) in [6.45, 7) is 4.37. The summed E-state index contributed by atoms with van der Waals surface area (Å²) in [7, 11) is 0. The molecule has 0 unspecified atom stereocenters. The van der Waals surface area contributed by atoms with Crippen LogP contribution in [-0.4, -0.2) is 29.4 Å². The molecule has 1 aliphatic rings. The molecule has 0 atom stereocenters. The summed E-state index contributed by atoms with van der Waals surface area (Å²) in [4.78, 5) is 10.9. The number of hydrogen-bond acceptors (Lipinski definition) is 4. The van der Waals surface area contributed by atoms with Crippen LogP contribution in [0.5, 0.6) is 17.2 Å². The summed E-state index contributed by atoms with van der Waals surface area (Å²) in [6, 6.07) is 3.14. The lowest BCUT2D eigenvalue weighted by Gasteiger charge is -2.29. The van der Waals surface area contributed by atoms with E-state index in [1.54, 1.807) is 19.9 Å². The van der Waals surface area contributed by atoms with Crippen LogP contribution in [0.1, 0.15) is 25.8 Å². The van der Waals surface area contributed by atoms with Gasteiger partial charge in [-0.2, -0.15) is 0 Å². The zero-order chi connectivity index (χ0) is 13.3. The Morgan fingerprint density at radius 2 is 2.00 bits per heavy atom. The molecule has 0 saturated carbocycles. The zero-order valence-electron chi connectivity index (χ0n) is 10.4. The van der Waals surface area contributed by atoms with Crippen LogP contribution in [0.3, 0.4) is 0 Å². The molecule has 0 amide bonds. The molecule has 5 heteroatoms. The smallest absolute Gasteiger partial charge is 0.304 e. The second kappa shape index (κ2) is 4.40. The van der Waals surface area contributed by atoms with E-state index >= 15 is 0 Å². The summed E-state index contributed by atoms with van der Waals surface area (Å²) in [5.74, 6) is 0.110. The zero-order valence-corrected chi connectivity index (χ0v) is 10.4. The van der Waals surface area contributed by atoms with Gasteiger partial charge in [-0.25, -0.2) is 0 Å². The van der Waals surface area contributed by atoms with Gasteiger partial charge in [0.2, 0.25) is 0 Å². The largest absolute Gasteiger partial charge is 0.508 e. The topological polar surface area (TPSA) is 76.0 Å². The Kier molecular flexibility index (Phi) is 3.07. The minimum atomic E-state index is -0.922. The highest BCUT2D eigenvalue weighted by Crippen LogP contribution is 2.46. The van der Waals surface area contributed by atoms with Gasteiger partial charge in [-0.05, 0) is 12.1 Å². The monoisotopic (exact) mass is 252 g/mol. The molecule has 1 aromatic rings. The van der Waals surface area contributed by atoms with E-state index in [1.807, 2.05) is 0 Å². The first-order valence-electron chi connectivity index (χ1n) is 5.75. The molecule has 2 rings (SSSR count). The third-order valence-electron chi connectivity index (χ3n) is 2.96. The number of carbonyl (C=O) groups is 1. The van der Waals surface area contributed by atoms with Crippen LogP contribution in [0.25, 0.3) is 0 Å². The SMILES string of the molecule is CC(C)(CC(=O)O)c1c(O)ccc2c1OCCO2. The first-order valence-corrected chi connectivity index (χ1v) is 5.75. The Hall–Kier alpha value is -1.91. The van der Waals surface area contributed by atoms with Crippen LogP contribution >= 0.6 is 0 Å². The number of fused-ring (bicyclic) bond motifs is 1.